The summed E-state index contributed by atoms with van der Waals surface area (Å²) in [5.41, 5.74) is 1.14. The molecule has 1 unspecified atom stereocenters. The molecule has 0 aliphatic heterocycles. The van der Waals surface area contributed by atoms with Crippen LogP contribution in [-0.4, -0.2) is 23.0 Å². The van der Waals surface area contributed by atoms with Gasteiger partial charge in [0.2, 0.25) is 5.91 Å². The molecule has 1 heterocycles. The van der Waals surface area contributed by atoms with Crippen LogP contribution in [0.4, 0.5) is 0 Å². The van der Waals surface area contributed by atoms with Crippen LogP contribution in [0.25, 0.3) is 0 Å². The van der Waals surface area contributed by atoms with Crippen LogP contribution in [-0.2, 0) is 11.3 Å². The molecule has 2 N–H and O–H groups in total. The van der Waals surface area contributed by atoms with Gasteiger partial charge in [0.05, 0.1) is 6.04 Å². The number of carbonyl (C=O) groups excluding carboxylic acids is 1. The third-order valence-corrected chi connectivity index (χ3v) is 3.46. The van der Waals surface area contributed by atoms with Crippen molar-refractivity contribution < 1.29 is 4.79 Å². The Morgan fingerprint density at radius 2 is 2.06 bits per heavy atom. The van der Waals surface area contributed by atoms with Gasteiger partial charge in [0.1, 0.15) is 0 Å². The van der Waals surface area contributed by atoms with E-state index in [-0.39, 0.29) is 11.9 Å². The van der Waals surface area contributed by atoms with Gasteiger partial charge in [0, 0.05) is 25.0 Å². The van der Waals surface area contributed by atoms with Crippen LogP contribution in [0.1, 0.15) is 38.2 Å². The molecule has 1 aliphatic carbocycles. The third kappa shape index (κ3) is 3.81. The van der Waals surface area contributed by atoms with Crippen LogP contribution in [0.2, 0.25) is 0 Å². The molecule has 0 spiro atoms. The van der Waals surface area contributed by atoms with Gasteiger partial charge in [-0.3, -0.25) is 9.78 Å². The Kier molecular flexibility index (Phi) is 4.70. The zero-order chi connectivity index (χ0) is 12.8. The molecular formula is C14H21N3O. The molecule has 1 fully saturated rings. The molecule has 0 bridgehead atoms. The Bertz CT molecular complexity index is 374. The molecule has 0 radical (unpaired) electrons. The van der Waals surface area contributed by atoms with Crippen molar-refractivity contribution in [2.45, 2.75) is 51.2 Å². The molecule has 1 aromatic heterocycles. The Morgan fingerprint density at radius 1 is 1.39 bits per heavy atom. The number of nitrogens with zero attached hydrogens (tertiary/aromatic N) is 1. The summed E-state index contributed by atoms with van der Waals surface area (Å²) >= 11 is 0. The summed E-state index contributed by atoms with van der Waals surface area (Å²) in [7, 11) is 0. The van der Waals surface area contributed by atoms with Crippen molar-refractivity contribution in [2.75, 3.05) is 0 Å². The summed E-state index contributed by atoms with van der Waals surface area (Å²) in [5, 5.41) is 6.33. The summed E-state index contributed by atoms with van der Waals surface area (Å²) in [6.45, 7) is 2.60. The maximum Gasteiger partial charge on any atom is 0.237 e. The standard InChI is InChI=1S/C14H21N3O/c1-11(14(18)17-13-4-2-3-5-13)16-10-12-6-8-15-9-7-12/h6-9,11,13,16H,2-5,10H2,1H3,(H,17,18). The van der Waals surface area contributed by atoms with Gasteiger partial charge in [-0.1, -0.05) is 12.8 Å². The van der Waals surface area contributed by atoms with E-state index in [9.17, 15) is 4.79 Å². The van der Waals surface area contributed by atoms with E-state index in [4.69, 9.17) is 0 Å². The van der Waals surface area contributed by atoms with E-state index in [1.54, 1.807) is 12.4 Å². The molecule has 4 heteroatoms. The molecule has 1 atom stereocenters. The fourth-order valence-corrected chi connectivity index (χ4v) is 2.26. The molecule has 0 saturated heterocycles. The number of amides is 1. The quantitative estimate of drug-likeness (QED) is 0.831. The van der Waals surface area contributed by atoms with Crippen LogP contribution < -0.4 is 10.6 Å². The second kappa shape index (κ2) is 6.50. The number of aromatic nitrogens is 1. The second-order valence-corrected chi connectivity index (χ2v) is 4.95. The number of carbonyl (C=O) groups is 1. The normalized spacial score (nSPS) is 17.6. The Balaban J connectivity index is 1.73. The first-order valence-corrected chi connectivity index (χ1v) is 6.68. The van der Waals surface area contributed by atoms with Crippen molar-refractivity contribution in [1.29, 1.82) is 0 Å². The molecule has 1 amide bonds. The maximum absolute atomic E-state index is 11.9. The Hall–Kier alpha value is -1.42. The largest absolute Gasteiger partial charge is 0.352 e. The van der Waals surface area contributed by atoms with Crippen LogP contribution in [0, 0.1) is 0 Å². The van der Waals surface area contributed by atoms with Gasteiger partial charge in [0.25, 0.3) is 0 Å². The van der Waals surface area contributed by atoms with Crippen LogP contribution >= 0.6 is 0 Å². The van der Waals surface area contributed by atoms with E-state index >= 15 is 0 Å². The van der Waals surface area contributed by atoms with Gasteiger partial charge in [-0.15, -0.1) is 0 Å². The average Bonchev–Trinajstić information content (AvgIpc) is 2.90. The SMILES string of the molecule is CC(NCc1ccncc1)C(=O)NC1CCCC1. The highest BCUT2D eigenvalue weighted by Crippen LogP contribution is 2.17. The predicted molar refractivity (Wildman–Crippen MR) is 70.9 cm³/mol. The Labute approximate surface area is 108 Å². The molecule has 1 aromatic rings. The molecule has 1 aliphatic rings. The first kappa shape index (κ1) is 13.0. The first-order valence-electron chi connectivity index (χ1n) is 6.68. The van der Waals surface area contributed by atoms with Crippen LogP contribution in [0.15, 0.2) is 24.5 Å². The summed E-state index contributed by atoms with van der Waals surface area (Å²) in [5.74, 6) is 0.107. The van der Waals surface area contributed by atoms with Crippen molar-refractivity contribution in [2.24, 2.45) is 0 Å². The zero-order valence-electron chi connectivity index (χ0n) is 10.9. The van der Waals surface area contributed by atoms with Crippen molar-refractivity contribution in [3.8, 4) is 0 Å². The summed E-state index contributed by atoms with van der Waals surface area (Å²) < 4.78 is 0. The number of nitrogens with one attached hydrogen (secondary N) is 2. The van der Waals surface area contributed by atoms with Gasteiger partial charge >= 0.3 is 0 Å². The van der Waals surface area contributed by atoms with Crippen molar-refractivity contribution in [1.82, 2.24) is 15.6 Å². The van der Waals surface area contributed by atoms with Crippen molar-refractivity contribution in [3.05, 3.63) is 30.1 Å². The minimum absolute atomic E-state index is 0.107. The van der Waals surface area contributed by atoms with E-state index < -0.39 is 0 Å². The lowest BCUT2D eigenvalue weighted by molar-refractivity contribution is -0.123. The topological polar surface area (TPSA) is 54.0 Å². The number of hydrogen-bond donors (Lipinski definition) is 2. The number of rotatable bonds is 5. The third-order valence-electron chi connectivity index (χ3n) is 3.46. The lowest BCUT2D eigenvalue weighted by Crippen LogP contribution is -2.45. The molecule has 2 rings (SSSR count). The average molecular weight is 247 g/mol. The molecule has 1 saturated carbocycles. The van der Waals surface area contributed by atoms with Crippen LogP contribution in [0.3, 0.4) is 0 Å². The Morgan fingerprint density at radius 3 is 2.72 bits per heavy atom. The lowest BCUT2D eigenvalue weighted by atomic mass is 10.2. The van der Waals surface area contributed by atoms with Crippen molar-refractivity contribution in [3.63, 3.8) is 0 Å². The minimum atomic E-state index is -0.154. The fourth-order valence-electron chi connectivity index (χ4n) is 2.26. The summed E-state index contributed by atoms with van der Waals surface area (Å²) in [4.78, 5) is 15.9. The summed E-state index contributed by atoms with van der Waals surface area (Å²) in [6.07, 6.45) is 8.26. The van der Waals surface area contributed by atoms with Gasteiger partial charge in [-0.25, -0.2) is 0 Å². The fraction of sp³-hybridized carbons (Fsp3) is 0.571. The molecule has 98 valence electrons. The highest BCUT2D eigenvalue weighted by Gasteiger charge is 2.20. The highest BCUT2D eigenvalue weighted by atomic mass is 16.2. The monoisotopic (exact) mass is 247 g/mol. The van der Waals surface area contributed by atoms with E-state index in [0.717, 1.165) is 18.4 Å². The molecular weight excluding hydrogens is 226 g/mol. The van der Waals surface area contributed by atoms with Gasteiger partial charge < -0.3 is 10.6 Å². The lowest BCUT2D eigenvalue weighted by Gasteiger charge is -2.17. The maximum atomic E-state index is 11.9. The second-order valence-electron chi connectivity index (χ2n) is 4.95. The van der Waals surface area contributed by atoms with E-state index in [1.807, 2.05) is 19.1 Å². The smallest absolute Gasteiger partial charge is 0.237 e. The molecule has 18 heavy (non-hydrogen) atoms. The summed E-state index contributed by atoms with van der Waals surface area (Å²) in [6, 6.07) is 4.14. The molecule has 4 nitrogen and oxygen atoms in total. The van der Waals surface area contributed by atoms with Gasteiger partial charge in [-0.05, 0) is 37.5 Å². The van der Waals surface area contributed by atoms with Gasteiger partial charge in [0.15, 0.2) is 0 Å². The van der Waals surface area contributed by atoms with Crippen LogP contribution in [0.5, 0.6) is 0 Å². The zero-order valence-corrected chi connectivity index (χ0v) is 10.9. The molecule has 0 aromatic carbocycles. The number of pyridine rings is 1. The van der Waals surface area contributed by atoms with E-state index in [0.29, 0.717) is 12.6 Å². The first-order chi connectivity index (χ1) is 8.75. The highest BCUT2D eigenvalue weighted by molar-refractivity contribution is 5.81. The van der Waals surface area contributed by atoms with E-state index in [2.05, 4.69) is 15.6 Å². The van der Waals surface area contributed by atoms with Gasteiger partial charge in [-0.2, -0.15) is 0 Å². The van der Waals surface area contributed by atoms with E-state index in [1.165, 1.54) is 12.8 Å². The van der Waals surface area contributed by atoms with Crippen molar-refractivity contribution >= 4 is 5.91 Å². The number of hydrogen-bond acceptors (Lipinski definition) is 3. The predicted octanol–water partition coefficient (Wildman–Crippen LogP) is 1.62. The minimum Gasteiger partial charge on any atom is -0.352 e.